The quantitative estimate of drug-likeness (QED) is 0.838. The Morgan fingerprint density at radius 3 is 2.65 bits per heavy atom. The van der Waals surface area contributed by atoms with Gasteiger partial charge >= 0.3 is 0 Å². The summed E-state index contributed by atoms with van der Waals surface area (Å²) in [6, 6.07) is 4.12. The fourth-order valence-corrected chi connectivity index (χ4v) is 4.30. The Bertz CT molecular complexity index is 436. The van der Waals surface area contributed by atoms with Crippen molar-refractivity contribution in [3.05, 3.63) is 22.2 Å². The summed E-state index contributed by atoms with van der Waals surface area (Å²) in [7, 11) is 3.32. The summed E-state index contributed by atoms with van der Waals surface area (Å²) in [5, 5.41) is 3.56. The molecule has 1 aromatic carbocycles. The summed E-state index contributed by atoms with van der Waals surface area (Å²) in [4.78, 5) is 0. The lowest BCUT2D eigenvalue weighted by Gasteiger charge is -2.21. The van der Waals surface area contributed by atoms with Crippen LogP contribution in [0.1, 0.15) is 18.4 Å². The first-order chi connectivity index (χ1) is 9.74. The summed E-state index contributed by atoms with van der Waals surface area (Å²) >= 11 is 5.61. The summed E-state index contributed by atoms with van der Waals surface area (Å²) < 4.78 is 11.6. The van der Waals surface area contributed by atoms with Crippen molar-refractivity contribution in [3.8, 4) is 11.5 Å². The Morgan fingerprint density at radius 2 is 2.00 bits per heavy atom. The molecule has 1 saturated heterocycles. The number of halogens is 1. The maximum Gasteiger partial charge on any atom is 0.174 e. The normalized spacial score (nSPS) is 16.1. The van der Waals surface area contributed by atoms with Crippen molar-refractivity contribution in [2.24, 2.45) is 5.92 Å². The minimum absolute atomic E-state index is 0.751. The first-order valence-electron chi connectivity index (χ1n) is 6.93. The Labute approximate surface area is 133 Å². The first-order valence-corrected chi connectivity index (χ1v) is 8.88. The summed E-state index contributed by atoms with van der Waals surface area (Å²) in [6.45, 7) is 1.97. The van der Waals surface area contributed by atoms with Gasteiger partial charge in [-0.2, -0.15) is 11.8 Å². The van der Waals surface area contributed by atoms with Crippen molar-refractivity contribution in [3.63, 3.8) is 0 Å². The number of methoxy groups -OCH3 is 2. The fraction of sp³-hybridized carbons (Fsp3) is 0.600. The number of hydrogen-bond donors (Lipinski definition) is 1. The molecule has 0 bridgehead atoms. The van der Waals surface area contributed by atoms with Gasteiger partial charge in [0.25, 0.3) is 0 Å². The standard InChI is InChI=1S/C15H22BrNO2S/c1-18-14-8-12(7-13(16)15(14)19-2)10-17-9-11-3-5-20-6-4-11/h7-8,11,17H,3-6,9-10H2,1-2H3. The lowest BCUT2D eigenvalue weighted by Crippen LogP contribution is -2.25. The molecule has 20 heavy (non-hydrogen) atoms. The van der Waals surface area contributed by atoms with Gasteiger partial charge in [-0.15, -0.1) is 0 Å². The van der Waals surface area contributed by atoms with Gasteiger partial charge in [-0.1, -0.05) is 0 Å². The van der Waals surface area contributed by atoms with E-state index in [-0.39, 0.29) is 0 Å². The minimum Gasteiger partial charge on any atom is -0.493 e. The lowest BCUT2D eigenvalue weighted by molar-refractivity contribution is 0.352. The molecule has 112 valence electrons. The van der Waals surface area contributed by atoms with Gasteiger partial charge in [-0.3, -0.25) is 0 Å². The highest BCUT2D eigenvalue weighted by Gasteiger charge is 2.14. The number of thioether (sulfide) groups is 1. The van der Waals surface area contributed by atoms with E-state index < -0.39 is 0 Å². The van der Waals surface area contributed by atoms with Crippen LogP contribution in [0, 0.1) is 5.92 Å². The van der Waals surface area contributed by atoms with Gasteiger partial charge in [0, 0.05) is 6.54 Å². The second kappa shape index (κ2) is 8.15. The average Bonchev–Trinajstić information content (AvgIpc) is 2.47. The van der Waals surface area contributed by atoms with Gasteiger partial charge in [0.05, 0.1) is 18.7 Å². The average molecular weight is 360 g/mol. The van der Waals surface area contributed by atoms with E-state index in [1.165, 1.54) is 29.9 Å². The number of hydrogen-bond acceptors (Lipinski definition) is 4. The molecular formula is C15H22BrNO2S. The number of ether oxygens (including phenoxy) is 2. The van der Waals surface area contributed by atoms with E-state index in [0.717, 1.165) is 35.0 Å². The van der Waals surface area contributed by atoms with Crippen molar-refractivity contribution < 1.29 is 9.47 Å². The second-order valence-electron chi connectivity index (χ2n) is 5.00. The molecule has 0 aromatic heterocycles. The maximum absolute atomic E-state index is 5.37. The van der Waals surface area contributed by atoms with Gasteiger partial charge in [0.2, 0.25) is 0 Å². The highest BCUT2D eigenvalue weighted by atomic mass is 79.9. The maximum atomic E-state index is 5.37. The Morgan fingerprint density at radius 1 is 1.25 bits per heavy atom. The van der Waals surface area contributed by atoms with Gasteiger partial charge in [0.1, 0.15) is 0 Å². The molecular weight excluding hydrogens is 338 g/mol. The van der Waals surface area contributed by atoms with Crippen molar-refractivity contribution in [1.29, 1.82) is 0 Å². The van der Waals surface area contributed by atoms with Gasteiger partial charge in [-0.05, 0) is 70.4 Å². The Hall–Kier alpha value is -0.390. The van der Waals surface area contributed by atoms with E-state index in [0.29, 0.717) is 0 Å². The molecule has 0 unspecified atom stereocenters. The highest BCUT2D eigenvalue weighted by molar-refractivity contribution is 9.10. The van der Waals surface area contributed by atoms with Crippen LogP contribution in [0.4, 0.5) is 0 Å². The molecule has 1 fully saturated rings. The summed E-state index contributed by atoms with van der Waals surface area (Å²) in [6.07, 6.45) is 2.68. The van der Waals surface area contributed by atoms with Crippen LogP contribution in [-0.2, 0) is 6.54 Å². The molecule has 5 heteroatoms. The summed E-state index contributed by atoms with van der Waals surface area (Å²) in [5.41, 5.74) is 1.21. The third-order valence-corrected chi connectivity index (χ3v) is 5.23. The molecule has 0 radical (unpaired) electrons. The van der Waals surface area contributed by atoms with Crippen LogP contribution < -0.4 is 14.8 Å². The van der Waals surface area contributed by atoms with E-state index in [4.69, 9.17) is 9.47 Å². The van der Waals surface area contributed by atoms with Gasteiger partial charge in [0.15, 0.2) is 11.5 Å². The monoisotopic (exact) mass is 359 g/mol. The summed E-state index contributed by atoms with van der Waals surface area (Å²) in [5.74, 6) is 4.98. The molecule has 1 N–H and O–H groups in total. The molecule has 1 heterocycles. The number of rotatable bonds is 6. The zero-order chi connectivity index (χ0) is 14.4. The molecule has 0 spiro atoms. The molecule has 0 saturated carbocycles. The Kier molecular flexibility index (Phi) is 6.52. The predicted molar refractivity (Wildman–Crippen MR) is 89.0 cm³/mol. The molecule has 2 rings (SSSR count). The predicted octanol–water partition coefficient (Wildman–Crippen LogP) is 3.70. The minimum atomic E-state index is 0.751. The van der Waals surface area contributed by atoms with Gasteiger partial charge in [-0.25, -0.2) is 0 Å². The molecule has 0 aliphatic carbocycles. The number of nitrogens with one attached hydrogen (secondary N) is 1. The molecule has 0 amide bonds. The van der Waals surface area contributed by atoms with E-state index in [1.54, 1.807) is 14.2 Å². The fourth-order valence-electron chi connectivity index (χ4n) is 2.44. The van der Waals surface area contributed by atoms with Crippen molar-refractivity contribution in [2.75, 3.05) is 32.3 Å². The van der Waals surface area contributed by atoms with Crippen LogP contribution in [0.3, 0.4) is 0 Å². The van der Waals surface area contributed by atoms with Crippen molar-refractivity contribution >= 4 is 27.7 Å². The van der Waals surface area contributed by atoms with Crippen LogP contribution in [0.5, 0.6) is 11.5 Å². The molecule has 3 nitrogen and oxygen atoms in total. The van der Waals surface area contributed by atoms with Crippen LogP contribution in [0.2, 0.25) is 0 Å². The molecule has 0 atom stereocenters. The Balaban J connectivity index is 1.90. The third kappa shape index (κ3) is 4.30. The van der Waals surface area contributed by atoms with Crippen LogP contribution in [-0.4, -0.2) is 32.3 Å². The lowest BCUT2D eigenvalue weighted by atomic mass is 10.0. The van der Waals surface area contributed by atoms with Crippen LogP contribution in [0.15, 0.2) is 16.6 Å². The SMILES string of the molecule is COc1cc(CNCC2CCSCC2)cc(Br)c1OC. The highest BCUT2D eigenvalue weighted by Crippen LogP contribution is 2.36. The largest absolute Gasteiger partial charge is 0.493 e. The topological polar surface area (TPSA) is 30.5 Å². The molecule has 1 aromatic rings. The van der Waals surface area contributed by atoms with E-state index in [9.17, 15) is 0 Å². The first kappa shape index (κ1) is 16.0. The van der Waals surface area contributed by atoms with E-state index >= 15 is 0 Å². The van der Waals surface area contributed by atoms with Gasteiger partial charge < -0.3 is 14.8 Å². The number of benzene rings is 1. The van der Waals surface area contributed by atoms with Crippen molar-refractivity contribution in [1.82, 2.24) is 5.32 Å². The zero-order valence-corrected chi connectivity index (χ0v) is 14.5. The molecule has 1 aliphatic heterocycles. The van der Waals surface area contributed by atoms with Crippen molar-refractivity contribution in [2.45, 2.75) is 19.4 Å². The smallest absolute Gasteiger partial charge is 0.174 e. The third-order valence-electron chi connectivity index (χ3n) is 3.60. The van der Waals surface area contributed by atoms with Crippen LogP contribution in [0.25, 0.3) is 0 Å². The van der Waals surface area contributed by atoms with E-state index in [2.05, 4.69) is 39.1 Å². The second-order valence-corrected chi connectivity index (χ2v) is 7.08. The van der Waals surface area contributed by atoms with Crippen LogP contribution >= 0.6 is 27.7 Å². The molecule has 1 aliphatic rings. The van der Waals surface area contributed by atoms with E-state index in [1.807, 2.05) is 6.07 Å². The zero-order valence-electron chi connectivity index (χ0n) is 12.1.